The summed E-state index contributed by atoms with van der Waals surface area (Å²) in [4.78, 5) is 23.3. The van der Waals surface area contributed by atoms with Gasteiger partial charge in [-0.15, -0.1) is 11.6 Å². The summed E-state index contributed by atoms with van der Waals surface area (Å²) in [7, 11) is 0. The molecule has 4 rings (SSSR count). The highest BCUT2D eigenvalue weighted by Gasteiger charge is 2.61. The SMILES string of the molecule is C[C@@H](OC(=O)C12C[C@@H]3C[C@H](CC(Cl)(C3)C1)C2)C(N)=O. The van der Waals surface area contributed by atoms with E-state index >= 15 is 0 Å². The summed E-state index contributed by atoms with van der Waals surface area (Å²) in [6, 6.07) is 0. The summed E-state index contributed by atoms with van der Waals surface area (Å²) >= 11 is 6.66. The van der Waals surface area contributed by atoms with Crippen molar-refractivity contribution in [3.63, 3.8) is 0 Å². The van der Waals surface area contributed by atoms with Gasteiger partial charge in [-0.05, 0) is 57.3 Å². The van der Waals surface area contributed by atoms with Crippen LogP contribution in [0.5, 0.6) is 0 Å². The molecule has 4 aliphatic rings. The highest BCUT2D eigenvalue weighted by molar-refractivity contribution is 6.24. The number of alkyl halides is 1. The molecule has 0 radical (unpaired) electrons. The van der Waals surface area contributed by atoms with Crippen LogP contribution >= 0.6 is 11.6 Å². The first kappa shape index (κ1) is 13.2. The molecule has 5 heteroatoms. The number of hydrogen-bond donors (Lipinski definition) is 1. The summed E-state index contributed by atoms with van der Waals surface area (Å²) in [6.07, 6.45) is 4.79. The van der Waals surface area contributed by atoms with E-state index in [1.54, 1.807) is 0 Å². The molecule has 0 unspecified atom stereocenters. The molecule has 4 nitrogen and oxygen atoms in total. The maximum Gasteiger partial charge on any atom is 0.312 e. The van der Waals surface area contributed by atoms with Crippen molar-refractivity contribution in [1.82, 2.24) is 0 Å². The predicted octanol–water partition coefficient (Wildman–Crippen LogP) is 1.98. The zero-order chi connectivity index (χ0) is 13.8. The van der Waals surface area contributed by atoms with E-state index in [0.717, 1.165) is 25.7 Å². The molecular formula is C14H20ClNO3. The minimum absolute atomic E-state index is 0.223. The fraction of sp³-hybridized carbons (Fsp3) is 0.857. The van der Waals surface area contributed by atoms with Crippen molar-refractivity contribution in [2.24, 2.45) is 23.0 Å². The molecule has 0 aliphatic heterocycles. The van der Waals surface area contributed by atoms with E-state index in [1.807, 2.05) is 0 Å². The number of halogens is 1. The van der Waals surface area contributed by atoms with Gasteiger partial charge in [0.2, 0.25) is 0 Å². The molecule has 4 aliphatic carbocycles. The molecule has 0 saturated heterocycles. The third kappa shape index (κ3) is 2.14. The van der Waals surface area contributed by atoms with Crippen LogP contribution in [0.25, 0.3) is 0 Å². The summed E-state index contributed by atoms with van der Waals surface area (Å²) in [6.45, 7) is 1.53. The topological polar surface area (TPSA) is 69.4 Å². The van der Waals surface area contributed by atoms with Gasteiger partial charge in [0.1, 0.15) is 0 Å². The van der Waals surface area contributed by atoms with E-state index in [1.165, 1.54) is 13.3 Å². The van der Waals surface area contributed by atoms with Gasteiger partial charge < -0.3 is 10.5 Å². The average Bonchev–Trinajstić information content (AvgIpc) is 2.24. The zero-order valence-corrected chi connectivity index (χ0v) is 11.9. The number of amides is 1. The molecule has 0 aromatic carbocycles. The molecule has 3 atom stereocenters. The number of esters is 1. The molecule has 4 bridgehead atoms. The highest BCUT2D eigenvalue weighted by Crippen LogP contribution is 2.64. The van der Waals surface area contributed by atoms with Gasteiger partial charge in [0, 0.05) is 4.87 Å². The molecule has 0 heterocycles. The number of hydrogen-bond acceptors (Lipinski definition) is 3. The smallest absolute Gasteiger partial charge is 0.312 e. The number of rotatable bonds is 3. The van der Waals surface area contributed by atoms with E-state index in [2.05, 4.69) is 0 Å². The van der Waals surface area contributed by atoms with Gasteiger partial charge in [-0.3, -0.25) is 9.59 Å². The van der Waals surface area contributed by atoms with Crippen molar-refractivity contribution in [2.75, 3.05) is 0 Å². The van der Waals surface area contributed by atoms with Crippen molar-refractivity contribution in [3.05, 3.63) is 0 Å². The highest BCUT2D eigenvalue weighted by atomic mass is 35.5. The lowest BCUT2D eigenvalue weighted by Crippen LogP contribution is -2.57. The quantitative estimate of drug-likeness (QED) is 0.637. The van der Waals surface area contributed by atoms with Crippen LogP contribution in [0.15, 0.2) is 0 Å². The molecule has 0 aromatic heterocycles. The van der Waals surface area contributed by atoms with Crippen molar-refractivity contribution in [3.8, 4) is 0 Å². The molecule has 0 aromatic rings. The Hall–Kier alpha value is -0.770. The van der Waals surface area contributed by atoms with E-state index < -0.39 is 17.4 Å². The zero-order valence-electron chi connectivity index (χ0n) is 11.2. The van der Waals surface area contributed by atoms with E-state index in [9.17, 15) is 9.59 Å². The van der Waals surface area contributed by atoms with Crippen molar-refractivity contribution >= 4 is 23.5 Å². The second-order valence-corrected chi connectivity index (χ2v) is 7.64. The number of nitrogens with two attached hydrogens (primary N) is 1. The van der Waals surface area contributed by atoms with E-state index in [0.29, 0.717) is 18.3 Å². The van der Waals surface area contributed by atoms with Crippen LogP contribution in [0.3, 0.4) is 0 Å². The number of carbonyl (C=O) groups is 2. The maximum atomic E-state index is 12.5. The Bertz CT molecular complexity index is 422. The molecular weight excluding hydrogens is 266 g/mol. The fourth-order valence-corrected chi connectivity index (χ4v) is 5.43. The maximum absolute atomic E-state index is 12.5. The Kier molecular flexibility index (Phi) is 2.86. The van der Waals surface area contributed by atoms with Gasteiger partial charge in [-0.25, -0.2) is 0 Å². The van der Waals surface area contributed by atoms with E-state index in [4.69, 9.17) is 22.1 Å². The van der Waals surface area contributed by atoms with Gasteiger partial charge >= 0.3 is 5.97 Å². The fourth-order valence-electron chi connectivity index (χ4n) is 4.73. The van der Waals surface area contributed by atoms with Crippen LogP contribution in [0.2, 0.25) is 0 Å². The Morgan fingerprint density at radius 1 is 1.26 bits per heavy atom. The summed E-state index contributed by atoms with van der Waals surface area (Å²) in [5.41, 5.74) is 4.70. The van der Waals surface area contributed by atoms with Gasteiger partial charge in [-0.2, -0.15) is 0 Å². The van der Waals surface area contributed by atoms with Crippen LogP contribution < -0.4 is 5.73 Å². The van der Waals surface area contributed by atoms with Crippen LogP contribution in [0.1, 0.15) is 45.4 Å². The Balaban J connectivity index is 1.80. The third-order valence-corrected chi connectivity index (χ3v) is 5.55. The minimum Gasteiger partial charge on any atom is -0.452 e. The number of ether oxygens (including phenoxy) is 1. The van der Waals surface area contributed by atoms with Crippen LogP contribution in [0, 0.1) is 17.3 Å². The molecule has 2 N–H and O–H groups in total. The van der Waals surface area contributed by atoms with Gasteiger partial charge in [0.15, 0.2) is 6.10 Å². The van der Waals surface area contributed by atoms with Crippen molar-refractivity contribution < 1.29 is 14.3 Å². The second kappa shape index (κ2) is 4.11. The van der Waals surface area contributed by atoms with Crippen LogP contribution in [-0.4, -0.2) is 22.9 Å². The van der Waals surface area contributed by atoms with Crippen molar-refractivity contribution in [1.29, 1.82) is 0 Å². The summed E-state index contributed by atoms with van der Waals surface area (Å²) < 4.78 is 5.27. The Morgan fingerprint density at radius 2 is 1.84 bits per heavy atom. The Labute approximate surface area is 118 Å². The summed E-state index contributed by atoms with van der Waals surface area (Å²) in [5.74, 6) is 0.210. The Morgan fingerprint density at radius 3 is 2.32 bits per heavy atom. The largest absolute Gasteiger partial charge is 0.452 e. The van der Waals surface area contributed by atoms with E-state index in [-0.39, 0.29) is 10.8 Å². The minimum atomic E-state index is -0.855. The monoisotopic (exact) mass is 285 g/mol. The van der Waals surface area contributed by atoms with Crippen molar-refractivity contribution in [2.45, 2.75) is 56.4 Å². The predicted molar refractivity (Wildman–Crippen MR) is 70.4 cm³/mol. The lowest BCUT2D eigenvalue weighted by molar-refractivity contribution is -0.176. The molecule has 106 valence electrons. The second-order valence-electron chi connectivity index (χ2n) is 6.84. The summed E-state index contributed by atoms with van der Waals surface area (Å²) in [5, 5.41) is 0. The average molecular weight is 286 g/mol. The standard InChI is InChI=1S/C14H20ClNO3/c1-8(11(16)17)19-12(18)13-3-9-2-10(4-13)6-14(15,5-9)7-13/h8-10H,2-7H2,1H3,(H2,16,17)/t8-,9+,10+,13?,14?/m1/s1. The van der Waals surface area contributed by atoms with Gasteiger partial charge in [0.05, 0.1) is 5.41 Å². The van der Waals surface area contributed by atoms with Gasteiger partial charge in [-0.1, -0.05) is 0 Å². The molecule has 0 spiro atoms. The molecule has 4 fully saturated rings. The molecule has 19 heavy (non-hydrogen) atoms. The van der Waals surface area contributed by atoms with Crippen LogP contribution in [0.4, 0.5) is 0 Å². The van der Waals surface area contributed by atoms with Gasteiger partial charge in [0.25, 0.3) is 5.91 Å². The first-order chi connectivity index (χ1) is 8.82. The first-order valence-corrected chi connectivity index (χ1v) is 7.39. The number of primary amides is 1. The lowest BCUT2D eigenvalue weighted by atomic mass is 9.49. The first-order valence-electron chi connectivity index (χ1n) is 7.01. The molecule has 1 amide bonds. The van der Waals surface area contributed by atoms with Crippen LogP contribution in [-0.2, 0) is 14.3 Å². The normalized spacial score (nSPS) is 44.9. The third-order valence-electron chi connectivity index (χ3n) is 5.11. The lowest BCUT2D eigenvalue weighted by Gasteiger charge is -2.58. The number of carbonyl (C=O) groups excluding carboxylic acids is 2. The molecule has 4 saturated carbocycles.